The first-order chi connectivity index (χ1) is 20.2. The second-order valence-electron chi connectivity index (χ2n) is 9.91. The summed E-state index contributed by atoms with van der Waals surface area (Å²) in [4.78, 5) is 39.6. The fraction of sp³-hybridized carbons (Fsp3) is 0.583. The van der Waals surface area contributed by atoms with Crippen molar-refractivity contribution in [1.29, 1.82) is 0 Å². The topological polar surface area (TPSA) is 154 Å². The molecular weight excluding hydrogens is 631 g/mol. The monoisotopic (exact) mass is 660 g/mol. The van der Waals surface area contributed by atoms with Crippen LogP contribution in [0.4, 0.5) is 0 Å². The standard InChI is InChI=1S/C13H17ClN4O3S.C11H13ClN4O3S/c1-2-21-11-4-3-10(18(19)20)12-16(5-6-17(11)12)8-9-7-15-13(14)22-9;12-11-13-5-7(20-11)6-14-3-4-15-9(17)2-1-8(10(14)15)16(18)19/h7,11H,2-6,8H2,1H3;5,9,17H,1-4,6H2. The summed E-state index contributed by atoms with van der Waals surface area (Å²) in [6.07, 6.45) is 4.49. The molecule has 18 heteroatoms. The van der Waals surface area contributed by atoms with Crippen LogP contribution in [0.5, 0.6) is 0 Å². The van der Waals surface area contributed by atoms with Crippen molar-refractivity contribution in [2.45, 2.75) is 58.2 Å². The average Bonchev–Trinajstić information content (AvgIpc) is 3.74. The number of aliphatic hydroxyl groups is 1. The van der Waals surface area contributed by atoms with Gasteiger partial charge in [-0.25, -0.2) is 9.97 Å². The van der Waals surface area contributed by atoms with E-state index in [0.29, 0.717) is 79.0 Å². The molecule has 2 saturated heterocycles. The molecule has 0 aliphatic carbocycles. The highest BCUT2D eigenvalue weighted by molar-refractivity contribution is 7.16. The number of allylic oxidation sites excluding steroid dienone is 2. The second kappa shape index (κ2) is 13.3. The van der Waals surface area contributed by atoms with Gasteiger partial charge in [0.25, 0.3) is 11.4 Å². The Balaban J connectivity index is 0.000000169. The zero-order chi connectivity index (χ0) is 30.0. The van der Waals surface area contributed by atoms with Gasteiger partial charge >= 0.3 is 0 Å². The van der Waals surface area contributed by atoms with E-state index in [1.807, 2.05) is 21.6 Å². The highest BCUT2D eigenvalue weighted by atomic mass is 35.5. The van der Waals surface area contributed by atoms with Gasteiger partial charge in [0.15, 0.2) is 20.6 Å². The second-order valence-corrected chi connectivity index (χ2v) is 13.3. The van der Waals surface area contributed by atoms with E-state index in [0.717, 1.165) is 22.8 Å². The molecule has 0 radical (unpaired) electrons. The molecule has 2 fully saturated rings. The third-order valence-corrected chi connectivity index (χ3v) is 9.60. The molecule has 0 saturated carbocycles. The third kappa shape index (κ3) is 6.58. The fourth-order valence-corrected chi connectivity index (χ4v) is 7.67. The van der Waals surface area contributed by atoms with Crippen molar-refractivity contribution in [3.63, 3.8) is 0 Å². The molecule has 2 unspecified atom stereocenters. The van der Waals surface area contributed by atoms with Crippen LogP contribution < -0.4 is 0 Å². The molecule has 0 aromatic carbocycles. The molecule has 2 aromatic rings. The van der Waals surface area contributed by atoms with Gasteiger partial charge in [0.1, 0.15) is 12.5 Å². The Morgan fingerprint density at radius 3 is 1.88 bits per heavy atom. The number of nitrogens with zero attached hydrogens (tertiary/aromatic N) is 8. The van der Waals surface area contributed by atoms with Crippen LogP contribution in [0.1, 0.15) is 42.4 Å². The first-order valence-electron chi connectivity index (χ1n) is 13.4. The van der Waals surface area contributed by atoms with Gasteiger partial charge in [0.05, 0.1) is 22.9 Å². The van der Waals surface area contributed by atoms with Gasteiger partial charge in [-0.3, -0.25) is 20.2 Å². The van der Waals surface area contributed by atoms with Crippen LogP contribution in [0.25, 0.3) is 0 Å². The number of halogens is 2. The van der Waals surface area contributed by atoms with Gasteiger partial charge in [-0.2, -0.15) is 0 Å². The largest absolute Gasteiger partial charge is 0.374 e. The minimum Gasteiger partial charge on any atom is -0.374 e. The van der Waals surface area contributed by atoms with E-state index in [2.05, 4.69) is 9.97 Å². The number of fused-ring (bicyclic) bond motifs is 2. The van der Waals surface area contributed by atoms with Gasteiger partial charge in [-0.05, 0) is 6.92 Å². The lowest BCUT2D eigenvalue weighted by Gasteiger charge is -2.34. The Morgan fingerprint density at radius 2 is 1.40 bits per heavy atom. The van der Waals surface area contributed by atoms with Crippen LogP contribution in [0.2, 0.25) is 8.93 Å². The van der Waals surface area contributed by atoms with E-state index in [-0.39, 0.29) is 27.5 Å². The van der Waals surface area contributed by atoms with Gasteiger partial charge in [0, 0.05) is 80.6 Å². The first-order valence-corrected chi connectivity index (χ1v) is 15.8. The Bertz CT molecular complexity index is 1390. The summed E-state index contributed by atoms with van der Waals surface area (Å²) in [6, 6.07) is 0. The molecule has 1 N–H and O–H groups in total. The van der Waals surface area contributed by atoms with Gasteiger partial charge in [-0.15, -0.1) is 22.7 Å². The quantitative estimate of drug-likeness (QED) is 0.321. The molecule has 4 aliphatic rings. The van der Waals surface area contributed by atoms with Crippen LogP contribution in [-0.4, -0.2) is 89.8 Å². The van der Waals surface area contributed by atoms with E-state index < -0.39 is 6.23 Å². The van der Waals surface area contributed by atoms with Crippen molar-refractivity contribution in [3.8, 4) is 0 Å². The van der Waals surface area contributed by atoms with Crippen molar-refractivity contribution < 1.29 is 19.7 Å². The number of hydrogen-bond donors (Lipinski definition) is 1. The highest BCUT2D eigenvalue weighted by Crippen LogP contribution is 2.36. The van der Waals surface area contributed by atoms with Crippen molar-refractivity contribution in [3.05, 3.63) is 74.3 Å². The van der Waals surface area contributed by atoms with Crippen molar-refractivity contribution >= 4 is 45.9 Å². The molecule has 4 aliphatic heterocycles. The maximum absolute atomic E-state index is 11.4. The van der Waals surface area contributed by atoms with Crippen molar-refractivity contribution in [1.82, 2.24) is 29.6 Å². The van der Waals surface area contributed by atoms with Crippen LogP contribution in [0.15, 0.2) is 35.4 Å². The predicted octanol–water partition coefficient (Wildman–Crippen LogP) is 3.99. The zero-order valence-electron chi connectivity index (χ0n) is 22.7. The molecule has 228 valence electrons. The Labute approximate surface area is 259 Å². The molecule has 2 aromatic heterocycles. The van der Waals surface area contributed by atoms with E-state index in [4.69, 9.17) is 27.9 Å². The van der Waals surface area contributed by atoms with Crippen LogP contribution in [0.3, 0.4) is 0 Å². The minimum atomic E-state index is -0.635. The van der Waals surface area contributed by atoms with Crippen LogP contribution in [-0.2, 0) is 17.8 Å². The number of thiazole rings is 2. The normalized spacial score (nSPS) is 21.9. The van der Waals surface area contributed by atoms with Gasteiger partial charge in [0.2, 0.25) is 0 Å². The third-order valence-electron chi connectivity index (χ3n) is 7.40. The first kappa shape index (κ1) is 30.7. The molecule has 6 heterocycles. The van der Waals surface area contributed by atoms with E-state index in [9.17, 15) is 25.3 Å². The van der Waals surface area contributed by atoms with Crippen LogP contribution in [0, 0.1) is 20.2 Å². The molecule has 0 spiro atoms. The number of ether oxygens (including phenoxy) is 1. The van der Waals surface area contributed by atoms with E-state index in [1.165, 1.54) is 22.7 Å². The number of rotatable bonds is 8. The molecular formula is C24H30Cl2N8O6S2. The summed E-state index contributed by atoms with van der Waals surface area (Å²) in [5.74, 6) is 1.23. The number of hydrogen-bond acceptors (Lipinski definition) is 14. The van der Waals surface area contributed by atoms with Gasteiger partial charge in [-0.1, -0.05) is 23.2 Å². The molecule has 2 atom stereocenters. The fourth-order valence-electron chi connectivity index (χ4n) is 5.68. The Kier molecular flexibility index (Phi) is 9.69. The summed E-state index contributed by atoms with van der Waals surface area (Å²) >= 11 is 14.4. The van der Waals surface area contributed by atoms with Gasteiger partial charge < -0.3 is 29.4 Å². The molecule has 42 heavy (non-hydrogen) atoms. The maximum atomic E-state index is 11.4. The Hall–Kier alpha value is -2.76. The summed E-state index contributed by atoms with van der Waals surface area (Å²) < 4.78 is 6.69. The lowest BCUT2D eigenvalue weighted by molar-refractivity contribution is -0.433. The minimum absolute atomic E-state index is 0.0706. The SMILES string of the molecule is CCOC1CCC([N+](=O)[O-])=C2N(Cc3cnc(Cl)s3)CCN21.O=[N+]([O-])C1=C2N(Cc3cnc(Cl)s3)CCN2C(O)CC1. The number of aromatic nitrogens is 2. The number of nitro groups is 2. The van der Waals surface area contributed by atoms with Crippen molar-refractivity contribution in [2.75, 3.05) is 32.8 Å². The van der Waals surface area contributed by atoms with E-state index in [1.54, 1.807) is 17.3 Å². The molecule has 0 amide bonds. The predicted molar refractivity (Wildman–Crippen MR) is 156 cm³/mol. The number of aliphatic hydroxyl groups excluding tert-OH is 1. The summed E-state index contributed by atoms with van der Waals surface area (Å²) in [7, 11) is 0. The molecule has 14 nitrogen and oxygen atoms in total. The summed E-state index contributed by atoms with van der Waals surface area (Å²) in [5.41, 5.74) is 0.465. The molecule has 0 bridgehead atoms. The van der Waals surface area contributed by atoms with Crippen LogP contribution >= 0.6 is 45.9 Å². The summed E-state index contributed by atoms with van der Waals surface area (Å²) in [5, 5.41) is 32.6. The van der Waals surface area contributed by atoms with E-state index >= 15 is 0 Å². The smallest absolute Gasteiger partial charge is 0.286 e. The Morgan fingerprint density at radius 1 is 0.905 bits per heavy atom. The lowest BCUT2D eigenvalue weighted by Crippen LogP contribution is -2.40. The maximum Gasteiger partial charge on any atom is 0.286 e. The van der Waals surface area contributed by atoms with Crippen molar-refractivity contribution in [2.24, 2.45) is 0 Å². The summed E-state index contributed by atoms with van der Waals surface area (Å²) in [6.45, 7) is 6.40. The molecule has 6 rings (SSSR count). The highest BCUT2D eigenvalue weighted by Gasteiger charge is 2.42. The average molecular weight is 662 g/mol. The lowest BCUT2D eigenvalue weighted by atomic mass is 10.1. The zero-order valence-corrected chi connectivity index (χ0v) is 25.9.